The summed E-state index contributed by atoms with van der Waals surface area (Å²) in [6.07, 6.45) is 8.19. The van der Waals surface area contributed by atoms with Crippen LogP contribution in [0.5, 0.6) is 0 Å². The van der Waals surface area contributed by atoms with Crippen molar-refractivity contribution in [2.24, 2.45) is 5.92 Å². The number of ether oxygens (including phenoxy) is 1. The van der Waals surface area contributed by atoms with Gasteiger partial charge in [-0.2, -0.15) is 5.10 Å². The molecule has 0 bridgehead atoms. The molecule has 1 aromatic carbocycles. The summed E-state index contributed by atoms with van der Waals surface area (Å²) in [7, 11) is 0. The molecule has 1 aliphatic heterocycles. The van der Waals surface area contributed by atoms with Gasteiger partial charge in [0, 0.05) is 22.9 Å². The average molecular weight is 377 g/mol. The van der Waals surface area contributed by atoms with Crippen LogP contribution in [0.25, 0.3) is 10.9 Å². The number of carbonyl (C=O) groups is 1. The van der Waals surface area contributed by atoms with Crippen molar-refractivity contribution in [3.8, 4) is 0 Å². The number of hydrogen-bond donors (Lipinski definition) is 0. The molecule has 0 radical (unpaired) electrons. The maximum absolute atomic E-state index is 10.8. The van der Waals surface area contributed by atoms with Gasteiger partial charge in [-0.25, -0.2) is 4.68 Å². The molecule has 4 nitrogen and oxygen atoms in total. The summed E-state index contributed by atoms with van der Waals surface area (Å²) >= 11 is 3.81. The number of carbonyl (C=O) groups excluding carboxylic acids is 1. The lowest BCUT2D eigenvalue weighted by Gasteiger charge is -2.23. The van der Waals surface area contributed by atoms with E-state index in [1.54, 1.807) is 0 Å². The Morgan fingerprint density at radius 3 is 3.09 bits per heavy atom. The second-order valence-corrected chi connectivity index (χ2v) is 7.56. The number of hydrogen-bond acceptors (Lipinski definition) is 3. The molecule has 122 valence electrons. The standard InChI is InChI=1S/C18H21BrN2O2/c1-11-8-15-14(10-20-21(15)16-4-2-3-7-23-16)18(19)17(11)13-9-12(13)5-6-22/h6,8,10,12-13,16H,2-5,7,9H2,1H3/t12-,13+,16?/m0/s1. The van der Waals surface area contributed by atoms with Gasteiger partial charge in [0.1, 0.15) is 6.29 Å². The number of rotatable bonds is 4. The highest BCUT2D eigenvalue weighted by molar-refractivity contribution is 9.10. The molecule has 2 aliphatic rings. The van der Waals surface area contributed by atoms with Crippen molar-refractivity contribution in [2.75, 3.05) is 6.61 Å². The maximum atomic E-state index is 10.8. The minimum atomic E-state index is 0.0575. The molecule has 1 aliphatic carbocycles. The van der Waals surface area contributed by atoms with E-state index in [1.807, 2.05) is 10.9 Å². The summed E-state index contributed by atoms with van der Waals surface area (Å²) < 4.78 is 9.08. The van der Waals surface area contributed by atoms with Crippen LogP contribution in [0.3, 0.4) is 0 Å². The lowest BCUT2D eigenvalue weighted by atomic mass is 10.00. The molecule has 2 fully saturated rings. The average Bonchev–Trinajstić information content (AvgIpc) is 3.16. The van der Waals surface area contributed by atoms with E-state index in [9.17, 15) is 4.79 Å². The summed E-state index contributed by atoms with van der Waals surface area (Å²) in [5, 5.41) is 5.75. The van der Waals surface area contributed by atoms with E-state index >= 15 is 0 Å². The molecule has 5 heteroatoms. The quantitative estimate of drug-likeness (QED) is 0.737. The van der Waals surface area contributed by atoms with Gasteiger partial charge in [0.25, 0.3) is 0 Å². The molecule has 1 saturated carbocycles. The number of aldehydes is 1. The van der Waals surface area contributed by atoms with Crippen LogP contribution >= 0.6 is 15.9 Å². The van der Waals surface area contributed by atoms with E-state index in [-0.39, 0.29) is 6.23 Å². The fourth-order valence-electron chi connectivity index (χ4n) is 3.87. The van der Waals surface area contributed by atoms with Crippen molar-refractivity contribution in [2.45, 2.75) is 51.2 Å². The van der Waals surface area contributed by atoms with Crippen molar-refractivity contribution in [1.82, 2.24) is 9.78 Å². The fourth-order valence-corrected chi connectivity index (χ4v) is 4.78. The normalized spacial score (nSPS) is 27.3. The monoisotopic (exact) mass is 376 g/mol. The highest BCUT2D eigenvalue weighted by atomic mass is 79.9. The Bertz CT molecular complexity index is 749. The maximum Gasteiger partial charge on any atom is 0.150 e. The van der Waals surface area contributed by atoms with Gasteiger partial charge >= 0.3 is 0 Å². The largest absolute Gasteiger partial charge is 0.356 e. The molecule has 1 aromatic heterocycles. The minimum Gasteiger partial charge on any atom is -0.356 e. The van der Waals surface area contributed by atoms with Crippen molar-refractivity contribution in [3.05, 3.63) is 27.9 Å². The Morgan fingerprint density at radius 2 is 2.35 bits per heavy atom. The molecule has 0 N–H and O–H groups in total. The first kappa shape index (κ1) is 15.3. The van der Waals surface area contributed by atoms with Gasteiger partial charge in [0.2, 0.25) is 0 Å². The van der Waals surface area contributed by atoms with E-state index in [1.165, 1.54) is 17.5 Å². The molecule has 0 amide bonds. The van der Waals surface area contributed by atoms with Gasteiger partial charge in [-0.1, -0.05) is 0 Å². The molecule has 3 atom stereocenters. The summed E-state index contributed by atoms with van der Waals surface area (Å²) in [6, 6.07) is 2.23. The number of aromatic nitrogens is 2. The Kier molecular flexibility index (Phi) is 4.01. The van der Waals surface area contributed by atoms with Gasteiger partial charge in [-0.3, -0.25) is 0 Å². The molecular formula is C18H21BrN2O2. The first-order chi connectivity index (χ1) is 11.2. The number of fused-ring (bicyclic) bond motifs is 1. The highest BCUT2D eigenvalue weighted by Crippen LogP contribution is 2.53. The molecule has 0 spiro atoms. The van der Waals surface area contributed by atoms with Crippen molar-refractivity contribution in [1.29, 1.82) is 0 Å². The van der Waals surface area contributed by atoms with Crippen molar-refractivity contribution in [3.63, 3.8) is 0 Å². The third-order valence-electron chi connectivity index (χ3n) is 5.21. The Balaban J connectivity index is 1.73. The van der Waals surface area contributed by atoms with Gasteiger partial charge < -0.3 is 9.53 Å². The molecule has 1 unspecified atom stereocenters. The summed E-state index contributed by atoms with van der Waals surface area (Å²) in [6.45, 7) is 2.98. The number of nitrogens with zero attached hydrogens (tertiary/aromatic N) is 2. The Labute approximate surface area is 144 Å². The van der Waals surface area contributed by atoms with E-state index in [2.05, 4.69) is 34.0 Å². The van der Waals surface area contributed by atoms with E-state index in [0.29, 0.717) is 18.3 Å². The van der Waals surface area contributed by atoms with Gasteiger partial charge in [-0.15, -0.1) is 0 Å². The molecular weight excluding hydrogens is 356 g/mol. The Hall–Kier alpha value is -1.20. The van der Waals surface area contributed by atoms with Gasteiger partial charge in [-0.05, 0) is 77.6 Å². The zero-order valence-electron chi connectivity index (χ0n) is 13.3. The SMILES string of the molecule is Cc1cc2c(cnn2C2CCCCO2)c(Br)c1[C@@H]1C[C@@H]1CC=O. The number of aryl methyl sites for hydroxylation is 1. The molecule has 4 rings (SSSR count). The van der Waals surface area contributed by atoms with Crippen LogP contribution in [0.4, 0.5) is 0 Å². The topological polar surface area (TPSA) is 44.1 Å². The summed E-state index contributed by atoms with van der Waals surface area (Å²) in [5.74, 6) is 1.02. The molecule has 2 aromatic rings. The van der Waals surface area contributed by atoms with E-state index in [0.717, 1.165) is 47.5 Å². The van der Waals surface area contributed by atoms with Crippen LogP contribution in [-0.4, -0.2) is 22.7 Å². The second-order valence-electron chi connectivity index (χ2n) is 6.77. The van der Waals surface area contributed by atoms with E-state index < -0.39 is 0 Å². The molecule has 1 saturated heterocycles. The zero-order valence-corrected chi connectivity index (χ0v) is 14.9. The van der Waals surface area contributed by atoms with Crippen LogP contribution < -0.4 is 0 Å². The first-order valence-corrected chi connectivity index (χ1v) is 9.21. The predicted molar refractivity (Wildman–Crippen MR) is 92.5 cm³/mol. The third kappa shape index (κ3) is 2.64. The predicted octanol–water partition coefficient (Wildman–Crippen LogP) is 4.50. The van der Waals surface area contributed by atoms with E-state index in [4.69, 9.17) is 4.74 Å². The third-order valence-corrected chi connectivity index (χ3v) is 6.06. The van der Waals surface area contributed by atoms with Crippen LogP contribution in [0.2, 0.25) is 0 Å². The van der Waals surface area contributed by atoms with Gasteiger partial charge in [0.05, 0.1) is 11.7 Å². The zero-order chi connectivity index (χ0) is 16.0. The summed E-state index contributed by atoms with van der Waals surface area (Å²) in [4.78, 5) is 10.8. The highest BCUT2D eigenvalue weighted by Gasteiger charge is 2.40. The van der Waals surface area contributed by atoms with Crippen LogP contribution in [0.15, 0.2) is 16.7 Å². The number of benzene rings is 1. The van der Waals surface area contributed by atoms with Crippen molar-refractivity contribution >= 4 is 33.1 Å². The lowest BCUT2D eigenvalue weighted by molar-refractivity contribution is -0.108. The van der Waals surface area contributed by atoms with Crippen LogP contribution in [-0.2, 0) is 9.53 Å². The fraction of sp³-hybridized carbons (Fsp3) is 0.556. The van der Waals surface area contributed by atoms with Crippen molar-refractivity contribution < 1.29 is 9.53 Å². The molecule has 23 heavy (non-hydrogen) atoms. The summed E-state index contributed by atoms with van der Waals surface area (Å²) in [5.41, 5.74) is 3.77. The minimum absolute atomic E-state index is 0.0575. The first-order valence-electron chi connectivity index (χ1n) is 8.42. The smallest absolute Gasteiger partial charge is 0.150 e. The lowest BCUT2D eigenvalue weighted by Crippen LogP contribution is -2.19. The van der Waals surface area contributed by atoms with Gasteiger partial charge in [0.15, 0.2) is 6.23 Å². The molecule has 2 heterocycles. The Morgan fingerprint density at radius 1 is 1.48 bits per heavy atom. The number of halogens is 1. The second kappa shape index (κ2) is 6.02. The van der Waals surface area contributed by atoms with Crippen LogP contribution in [0.1, 0.15) is 55.4 Å². The van der Waals surface area contributed by atoms with Crippen LogP contribution in [0, 0.1) is 12.8 Å².